The second-order valence-electron chi connectivity index (χ2n) is 4.71. The van der Waals surface area contributed by atoms with Crippen molar-refractivity contribution in [3.8, 4) is 11.1 Å². The van der Waals surface area contributed by atoms with Crippen molar-refractivity contribution in [1.82, 2.24) is 4.98 Å². The quantitative estimate of drug-likeness (QED) is 0.936. The van der Waals surface area contributed by atoms with E-state index in [1.165, 1.54) is 17.8 Å². The normalized spacial score (nSPS) is 11.8. The van der Waals surface area contributed by atoms with Crippen molar-refractivity contribution in [1.29, 1.82) is 0 Å². The number of benzene rings is 1. The van der Waals surface area contributed by atoms with E-state index in [4.69, 9.17) is 5.14 Å². The summed E-state index contributed by atoms with van der Waals surface area (Å²) < 4.78 is 22.3. The summed E-state index contributed by atoms with van der Waals surface area (Å²) in [5.41, 5.74) is 3.11. The van der Waals surface area contributed by atoms with Gasteiger partial charge < -0.3 is 0 Å². The average Bonchev–Trinajstić information content (AvgIpc) is 2.38. The summed E-state index contributed by atoms with van der Waals surface area (Å²) in [7, 11) is -3.73. The van der Waals surface area contributed by atoms with Gasteiger partial charge in [0.2, 0.25) is 0 Å². The van der Waals surface area contributed by atoms with Crippen molar-refractivity contribution in [3.05, 3.63) is 48.2 Å². The molecule has 0 atom stereocenters. The number of nitrogens with zero attached hydrogens (tertiary/aromatic N) is 1. The first-order chi connectivity index (χ1) is 8.88. The van der Waals surface area contributed by atoms with Crippen LogP contribution in [0.2, 0.25) is 0 Å². The van der Waals surface area contributed by atoms with Crippen LogP contribution in [0.3, 0.4) is 0 Å². The van der Waals surface area contributed by atoms with E-state index >= 15 is 0 Å². The minimum absolute atomic E-state index is 0.115. The van der Waals surface area contributed by atoms with E-state index in [2.05, 4.69) is 31.0 Å². The van der Waals surface area contributed by atoms with Crippen LogP contribution in [0.15, 0.2) is 47.6 Å². The molecular formula is C14H16N2O2S. The molecule has 1 heterocycles. The van der Waals surface area contributed by atoms with Crippen molar-refractivity contribution >= 4 is 10.0 Å². The van der Waals surface area contributed by atoms with Gasteiger partial charge >= 0.3 is 0 Å². The van der Waals surface area contributed by atoms with E-state index in [0.29, 0.717) is 5.92 Å². The molecule has 0 bridgehead atoms. The van der Waals surface area contributed by atoms with Crippen molar-refractivity contribution < 1.29 is 8.42 Å². The van der Waals surface area contributed by atoms with Gasteiger partial charge in [0.05, 0.1) is 0 Å². The molecule has 100 valence electrons. The Hall–Kier alpha value is -1.72. The molecule has 0 fully saturated rings. The third kappa shape index (κ3) is 3.19. The van der Waals surface area contributed by atoms with Crippen LogP contribution in [0, 0.1) is 0 Å². The third-order valence-corrected chi connectivity index (χ3v) is 3.74. The monoisotopic (exact) mass is 276 g/mol. The molecular weight excluding hydrogens is 260 g/mol. The number of nitrogens with two attached hydrogens (primary N) is 1. The van der Waals surface area contributed by atoms with Crippen molar-refractivity contribution in [2.75, 3.05) is 0 Å². The lowest BCUT2D eigenvalue weighted by Gasteiger charge is -2.08. The third-order valence-electron chi connectivity index (χ3n) is 2.91. The standard InChI is InChI=1S/C14H16N2O2S/c1-10(2)11-4-3-5-12(8-11)13-6-7-14(16-9-13)19(15,17)18/h3-10H,1-2H3,(H2,15,17,18). The molecule has 0 aliphatic rings. The lowest BCUT2D eigenvalue weighted by atomic mass is 9.98. The van der Waals surface area contributed by atoms with Gasteiger partial charge in [-0.1, -0.05) is 38.1 Å². The number of sulfonamides is 1. The van der Waals surface area contributed by atoms with E-state index in [9.17, 15) is 8.42 Å². The Morgan fingerprint density at radius 3 is 2.37 bits per heavy atom. The summed E-state index contributed by atoms with van der Waals surface area (Å²) in [5, 5.41) is 4.90. The lowest BCUT2D eigenvalue weighted by molar-refractivity contribution is 0.594. The molecule has 0 saturated carbocycles. The Labute approximate surface area is 113 Å². The predicted molar refractivity (Wildman–Crippen MR) is 75.1 cm³/mol. The number of hydrogen-bond donors (Lipinski definition) is 1. The molecule has 2 aromatic rings. The largest absolute Gasteiger partial charge is 0.255 e. The minimum atomic E-state index is -3.73. The first-order valence-electron chi connectivity index (χ1n) is 5.97. The Morgan fingerprint density at radius 1 is 1.11 bits per heavy atom. The van der Waals surface area contributed by atoms with E-state index < -0.39 is 10.0 Å². The fraction of sp³-hybridized carbons (Fsp3) is 0.214. The summed E-state index contributed by atoms with van der Waals surface area (Å²) in [4.78, 5) is 3.89. The molecule has 0 radical (unpaired) electrons. The molecule has 1 aromatic heterocycles. The maximum atomic E-state index is 11.1. The minimum Gasteiger partial charge on any atom is -0.243 e. The topological polar surface area (TPSA) is 73.1 Å². The van der Waals surface area contributed by atoms with Crippen LogP contribution in [0.1, 0.15) is 25.3 Å². The van der Waals surface area contributed by atoms with Crippen LogP contribution in [0.4, 0.5) is 0 Å². The van der Waals surface area contributed by atoms with Gasteiger partial charge in [0.15, 0.2) is 5.03 Å². The van der Waals surface area contributed by atoms with Crippen LogP contribution in [-0.4, -0.2) is 13.4 Å². The van der Waals surface area contributed by atoms with Gasteiger partial charge in [0.25, 0.3) is 10.0 Å². The lowest BCUT2D eigenvalue weighted by Crippen LogP contribution is -2.13. The number of pyridine rings is 1. The van der Waals surface area contributed by atoms with Gasteiger partial charge in [-0.05, 0) is 29.2 Å². The maximum Gasteiger partial charge on any atom is 0.255 e. The highest BCUT2D eigenvalue weighted by Crippen LogP contribution is 2.23. The van der Waals surface area contributed by atoms with Crippen molar-refractivity contribution in [2.45, 2.75) is 24.8 Å². The molecule has 5 heteroatoms. The van der Waals surface area contributed by atoms with Gasteiger partial charge in [-0.15, -0.1) is 0 Å². The summed E-state index contributed by atoms with van der Waals surface area (Å²) in [6.07, 6.45) is 1.53. The van der Waals surface area contributed by atoms with E-state index in [-0.39, 0.29) is 5.03 Å². The molecule has 0 spiro atoms. The van der Waals surface area contributed by atoms with Gasteiger partial charge in [0, 0.05) is 11.8 Å². The first kappa shape index (κ1) is 13.7. The predicted octanol–water partition coefficient (Wildman–Crippen LogP) is 2.52. The number of primary sulfonamides is 1. The molecule has 2 rings (SSSR count). The first-order valence-corrected chi connectivity index (χ1v) is 7.52. The van der Waals surface area contributed by atoms with Gasteiger partial charge in [-0.2, -0.15) is 0 Å². The zero-order valence-corrected chi connectivity index (χ0v) is 11.7. The fourth-order valence-electron chi connectivity index (χ4n) is 1.80. The van der Waals surface area contributed by atoms with Crippen molar-refractivity contribution in [3.63, 3.8) is 0 Å². The Bertz CT molecular complexity index is 677. The number of rotatable bonds is 3. The zero-order chi connectivity index (χ0) is 14.0. The SMILES string of the molecule is CC(C)c1cccc(-c2ccc(S(N)(=O)=O)nc2)c1. The van der Waals surface area contributed by atoms with Gasteiger partial charge in [-0.3, -0.25) is 0 Å². The van der Waals surface area contributed by atoms with Crippen molar-refractivity contribution in [2.24, 2.45) is 5.14 Å². The van der Waals surface area contributed by atoms with Crippen LogP contribution in [0.5, 0.6) is 0 Å². The Balaban J connectivity index is 2.40. The smallest absolute Gasteiger partial charge is 0.243 e. The highest BCUT2D eigenvalue weighted by Gasteiger charge is 2.09. The number of aromatic nitrogens is 1. The van der Waals surface area contributed by atoms with E-state index in [1.807, 2.05) is 12.1 Å². The van der Waals surface area contributed by atoms with E-state index in [0.717, 1.165) is 11.1 Å². The zero-order valence-electron chi connectivity index (χ0n) is 10.9. The summed E-state index contributed by atoms with van der Waals surface area (Å²) in [5.74, 6) is 0.441. The molecule has 0 unspecified atom stereocenters. The second-order valence-corrected chi connectivity index (χ2v) is 6.22. The molecule has 1 aromatic carbocycles. The Morgan fingerprint density at radius 2 is 1.84 bits per heavy atom. The van der Waals surface area contributed by atoms with Crippen LogP contribution >= 0.6 is 0 Å². The van der Waals surface area contributed by atoms with Crippen LogP contribution in [-0.2, 0) is 10.0 Å². The highest BCUT2D eigenvalue weighted by molar-refractivity contribution is 7.89. The van der Waals surface area contributed by atoms with Crippen LogP contribution in [0.25, 0.3) is 11.1 Å². The van der Waals surface area contributed by atoms with Gasteiger partial charge in [-0.25, -0.2) is 18.5 Å². The molecule has 0 amide bonds. The molecule has 0 saturated heterocycles. The summed E-state index contributed by atoms with van der Waals surface area (Å²) >= 11 is 0. The number of hydrogen-bond acceptors (Lipinski definition) is 3. The maximum absolute atomic E-state index is 11.1. The van der Waals surface area contributed by atoms with E-state index in [1.54, 1.807) is 6.07 Å². The van der Waals surface area contributed by atoms with Crippen LogP contribution < -0.4 is 5.14 Å². The van der Waals surface area contributed by atoms with Gasteiger partial charge in [0.1, 0.15) is 0 Å². The molecule has 0 aliphatic carbocycles. The average molecular weight is 276 g/mol. The second kappa shape index (κ2) is 5.11. The molecule has 19 heavy (non-hydrogen) atoms. The highest BCUT2D eigenvalue weighted by atomic mass is 32.2. The Kier molecular flexibility index (Phi) is 3.68. The molecule has 2 N–H and O–H groups in total. The fourth-order valence-corrected chi connectivity index (χ4v) is 2.25. The molecule has 0 aliphatic heterocycles. The molecule has 4 nitrogen and oxygen atoms in total. The summed E-state index contributed by atoms with van der Waals surface area (Å²) in [6.45, 7) is 4.25. The summed E-state index contributed by atoms with van der Waals surface area (Å²) in [6, 6.07) is 11.2.